The van der Waals surface area contributed by atoms with Crippen LogP contribution in [-0.2, 0) is 10.0 Å². The van der Waals surface area contributed by atoms with E-state index in [9.17, 15) is 13.2 Å². The molecule has 0 aliphatic carbocycles. The number of amides is 1. The molecule has 0 radical (unpaired) electrons. The molecule has 0 spiro atoms. The van der Waals surface area contributed by atoms with Gasteiger partial charge >= 0.3 is 0 Å². The molecular formula is C21H22N4O4S. The van der Waals surface area contributed by atoms with Gasteiger partial charge in [0.15, 0.2) is 0 Å². The van der Waals surface area contributed by atoms with E-state index in [0.717, 1.165) is 12.8 Å². The van der Waals surface area contributed by atoms with Crippen molar-refractivity contribution in [1.29, 1.82) is 0 Å². The molecule has 9 heteroatoms. The van der Waals surface area contributed by atoms with Crippen LogP contribution in [0, 0.1) is 0 Å². The van der Waals surface area contributed by atoms with Crippen molar-refractivity contribution in [3.63, 3.8) is 0 Å². The standard InChI is InChI=1S/C21H22N4O4S/c1-15(22-20(26)17-7-3-2-4-8-17)21-23-19(24-29-21)16-9-11-18(12-10-16)30(27,28)25-13-5-6-14-25/h2-4,7-12,15H,5-6,13-14H2,1H3,(H,22,26). The van der Waals surface area contributed by atoms with Gasteiger partial charge in [-0.2, -0.15) is 9.29 Å². The molecule has 2 heterocycles. The molecule has 156 valence electrons. The number of sulfonamides is 1. The van der Waals surface area contributed by atoms with E-state index in [2.05, 4.69) is 15.5 Å². The molecule has 0 bridgehead atoms. The van der Waals surface area contributed by atoms with Crippen LogP contribution in [0.15, 0.2) is 64.0 Å². The minimum atomic E-state index is -3.46. The number of nitrogens with one attached hydrogen (secondary N) is 1. The van der Waals surface area contributed by atoms with Crippen LogP contribution in [0.4, 0.5) is 0 Å². The first-order valence-electron chi connectivity index (χ1n) is 9.75. The maximum atomic E-state index is 12.6. The molecule has 2 aromatic carbocycles. The first kappa shape index (κ1) is 20.2. The Kier molecular flexibility index (Phi) is 5.65. The van der Waals surface area contributed by atoms with Crippen LogP contribution in [-0.4, -0.2) is 41.9 Å². The topological polar surface area (TPSA) is 105 Å². The summed E-state index contributed by atoms with van der Waals surface area (Å²) in [6.07, 6.45) is 1.78. The molecular weight excluding hydrogens is 404 g/mol. The Hall–Kier alpha value is -3.04. The molecule has 1 fully saturated rings. The lowest BCUT2D eigenvalue weighted by Crippen LogP contribution is -2.27. The van der Waals surface area contributed by atoms with Gasteiger partial charge in [0.25, 0.3) is 5.91 Å². The van der Waals surface area contributed by atoms with E-state index in [4.69, 9.17) is 4.52 Å². The first-order chi connectivity index (χ1) is 14.4. The third-order valence-electron chi connectivity index (χ3n) is 5.01. The molecule has 30 heavy (non-hydrogen) atoms. The van der Waals surface area contributed by atoms with E-state index in [-0.39, 0.29) is 16.7 Å². The van der Waals surface area contributed by atoms with Crippen molar-refractivity contribution < 1.29 is 17.7 Å². The highest BCUT2D eigenvalue weighted by Gasteiger charge is 2.27. The summed E-state index contributed by atoms with van der Waals surface area (Å²) in [6, 6.07) is 14.8. The third-order valence-corrected chi connectivity index (χ3v) is 6.92. The summed E-state index contributed by atoms with van der Waals surface area (Å²) in [4.78, 5) is 16.9. The quantitative estimate of drug-likeness (QED) is 0.650. The van der Waals surface area contributed by atoms with E-state index >= 15 is 0 Å². The highest BCUT2D eigenvalue weighted by Crippen LogP contribution is 2.24. The van der Waals surface area contributed by atoms with Crippen LogP contribution >= 0.6 is 0 Å². The van der Waals surface area contributed by atoms with Crippen molar-refractivity contribution in [2.45, 2.75) is 30.7 Å². The van der Waals surface area contributed by atoms with Crippen LogP contribution in [0.25, 0.3) is 11.4 Å². The van der Waals surface area contributed by atoms with Gasteiger partial charge in [0, 0.05) is 24.2 Å². The summed E-state index contributed by atoms with van der Waals surface area (Å²) < 4.78 is 32.1. The van der Waals surface area contributed by atoms with Gasteiger partial charge in [-0.3, -0.25) is 4.79 Å². The van der Waals surface area contributed by atoms with Crippen LogP contribution in [0.5, 0.6) is 0 Å². The summed E-state index contributed by atoms with van der Waals surface area (Å²) in [5, 5.41) is 6.78. The largest absolute Gasteiger partial charge is 0.341 e. The van der Waals surface area contributed by atoms with Gasteiger partial charge in [-0.05, 0) is 56.2 Å². The Labute approximate surface area is 175 Å². The van der Waals surface area contributed by atoms with Crippen molar-refractivity contribution >= 4 is 15.9 Å². The van der Waals surface area contributed by atoms with Crippen molar-refractivity contribution in [3.8, 4) is 11.4 Å². The molecule has 1 amide bonds. The van der Waals surface area contributed by atoms with E-state index < -0.39 is 16.1 Å². The zero-order valence-corrected chi connectivity index (χ0v) is 17.3. The number of nitrogens with zero attached hydrogens (tertiary/aromatic N) is 3. The van der Waals surface area contributed by atoms with Gasteiger partial charge in [0.1, 0.15) is 6.04 Å². The highest BCUT2D eigenvalue weighted by molar-refractivity contribution is 7.89. The summed E-state index contributed by atoms with van der Waals surface area (Å²) in [6.45, 7) is 2.87. The smallest absolute Gasteiger partial charge is 0.251 e. The number of aromatic nitrogens is 2. The molecule has 1 aliphatic rings. The molecule has 1 aliphatic heterocycles. The summed E-state index contributed by atoms with van der Waals surface area (Å²) in [5.41, 5.74) is 1.17. The summed E-state index contributed by atoms with van der Waals surface area (Å²) in [5.74, 6) is 0.360. The third kappa shape index (κ3) is 4.12. The Morgan fingerprint density at radius 2 is 1.73 bits per heavy atom. The van der Waals surface area contributed by atoms with E-state index in [1.165, 1.54) is 4.31 Å². The number of carbonyl (C=O) groups is 1. The fraction of sp³-hybridized carbons (Fsp3) is 0.286. The number of rotatable bonds is 6. The molecule has 1 aromatic heterocycles. The lowest BCUT2D eigenvalue weighted by molar-refractivity contribution is 0.0932. The van der Waals surface area contributed by atoms with E-state index in [0.29, 0.717) is 30.0 Å². The predicted molar refractivity (Wildman–Crippen MR) is 110 cm³/mol. The van der Waals surface area contributed by atoms with Crippen molar-refractivity contribution in [3.05, 3.63) is 66.1 Å². The number of carbonyl (C=O) groups excluding carboxylic acids is 1. The van der Waals surface area contributed by atoms with Gasteiger partial charge < -0.3 is 9.84 Å². The predicted octanol–water partition coefficient (Wildman–Crippen LogP) is 3.01. The van der Waals surface area contributed by atoms with Gasteiger partial charge in [-0.15, -0.1) is 0 Å². The Bertz CT molecular complexity index is 1120. The molecule has 1 unspecified atom stereocenters. The Morgan fingerprint density at radius 3 is 2.40 bits per heavy atom. The molecule has 4 rings (SSSR count). The van der Waals surface area contributed by atoms with Crippen LogP contribution in [0.2, 0.25) is 0 Å². The van der Waals surface area contributed by atoms with Gasteiger partial charge in [-0.25, -0.2) is 8.42 Å². The maximum absolute atomic E-state index is 12.6. The second-order valence-electron chi connectivity index (χ2n) is 7.15. The number of benzene rings is 2. The van der Waals surface area contributed by atoms with Crippen molar-refractivity contribution in [2.75, 3.05) is 13.1 Å². The second kappa shape index (κ2) is 8.37. The fourth-order valence-electron chi connectivity index (χ4n) is 3.31. The van der Waals surface area contributed by atoms with Gasteiger partial charge in [0.2, 0.25) is 21.7 Å². The van der Waals surface area contributed by atoms with Crippen molar-refractivity contribution in [2.24, 2.45) is 0 Å². The average Bonchev–Trinajstić information content (AvgIpc) is 3.47. The number of hydrogen-bond donors (Lipinski definition) is 1. The zero-order chi connectivity index (χ0) is 21.1. The van der Waals surface area contributed by atoms with Crippen molar-refractivity contribution in [1.82, 2.24) is 19.8 Å². The fourth-order valence-corrected chi connectivity index (χ4v) is 4.83. The highest BCUT2D eigenvalue weighted by atomic mass is 32.2. The molecule has 1 saturated heterocycles. The lowest BCUT2D eigenvalue weighted by atomic mass is 10.2. The minimum Gasteiger partial charge on any atom is -0.341 e. The summed E-state index contributed by atoms with van der Waals surface area (Å²) >= 11 is 0. The number of hydrogen-bond acceptors (Lipinski definition) is 6. The van der Waals surface area contributed by atoms with Gasteiger partial charge in [-0.1, -0.05) is 23.4 Å². The van der Waals surface area contributed by atoms with Crippen LogP contribution in [0.1, 0.15) is 42.1 Å². The molecule has 8 nitrogen and oxygen atoms in total. The normalized spacial score (nSPS) is 15.8. The van der Waals surface area contributed by atoms with Crippen LogP contribution in [0.3, 0.4) is 0 Å². The van der Waals surface area contributed by atoms with E-state index in [1.54, 1.807) is 55.5 Å². The molecule has 1 atom stereocenters. The molecule has 1 N–H and O–H groups in total. The van der Waals surface area contributed by atoms with E-state index in [1.807, 2.05) is 6.07 Å². The maximum Gasteiger partial charge on any atom is 0.251 e. The monoisotopic (exact) mass is 426 g/mol. The zero-order valence-electron chi connectivity index (χ0n) is 16.5. The molecule has 0 saturated carbocycles. The second-order valence-corrected chi connectivity index (χ2v) is 9.09. The minimum absolute atomic E-state index is 0.237. The first-order valence-corrected chi connectivity index (χ1v) is 11.2. The molecule has 3 aromatic rings. The Morgan fingerprint density at radius 1 is 1.07 bits per heavy atom. The summed E-state index contributed by atoms with van der Waals surface area (Å²) in [7, 11) is -3.46. The van der Waals surface area contributed by atoms with Gasteiger partial charge in [0.05, 0.1) is 4.90 Å². The average molecular weight is 426 g/mol. The SMILES string of the molecule is CC(NC(=O)c1ccccc1)c1nc(-c2ccc(S(=O)(=O)N3CCCC3)cc2)no1. The lowest BCUT2D eigenvalue weighted by Gasteiger charge is -2.15. The Balaban J connectivity index is 1.46. The van der Waals surface area contributed by atoms with Crippen LogP contribution < -0.4 is 5.32 Å².